The number of piperidine rings is 1. The predicted molar refractivity (Wildman–Crippen MR) is 130 cm³/mol. The maximum Gasteiger partial charge on any atom is 0.187 e. The zero-order chi connectivity index (χ0) is 21.8. The highest BCUT2D eigenvalue weighted by Gasteiger charge is 2.26. The highest BCUT2D eigenvalue weighted by molar-refractivity contribution is 6.14. The number of hydrogen-bond donors (Lipinski definition) is 0. The maximum absolute atomic E-state index is 13.3. The molecular formula is C29H29NO. The van der Waals surface area contributed by atoms with Crippen molar-refractivity contribution in [2.24, 2.45) is 0 Å². The molecule has 2 heteroatoms. The predicted octanol–water partition coefficient (Wildman–Crippen LogP) is 6.16. The second-order valence-corrected chi connectivity index (χ2v) is 8.62. The van der Waals surface area contributed by atoms with Crippen molar-refractivity contribution >= 4 is 17.9 Å². The standard InChI is InChI=1S/C29H29NO/c1-21-4-10-24(11-5-21)16-27-19-30(18-26-14-8-23(3)9-15-26)20-28(29(27)31)17-25-12-6-22(2)7-13-25/h4-17H,18-20H2,1-3H3/b27-16+,28-17+. The van der Waals surface area contributed by atoms with E-state index in [2.05, 4.69) is 98.5 Å². The molecule has 0 saturated carbocycles. The lowest BCUT2D eigenvalue weighted by Gasteiger charge is -2.30. The topological polar surface area (TPSA) is 20.3 Å². The van der Waals surface area contributed by atoms with E-state index in [1.807, 2.05) is 12.2 Å². The van der Waals surface area contributed by atoms with Gasteiger partial charge in [0.1, 0.15) is 0 Å². The highest BCUT2D eigenvalue weighted by Crippen LogP contribution is 2.24. The summed E-state index contributed by atoms with van der Waals surface area (Å²) in [6.45, 7) is 8.40. The number of likely N-dealkylation sites (tertiary alicyclic amines) is 1. The Morgan fingerprint density at radius 2 is 1.03 bits per heavy atom. The molecule has 31 heavy (non-hydrogen) atoms. The van der Waals surface area contributed by atoms with Gasteiger partial charge in [0, 0.05) is 30.8 Å². The fourth-order valence-corrected chi connectivity index (χ4v) is 3.90. The number of ketones is 1. The lowest BCUT2D eigenvalue weighted by molar-refractivity contribution is -0.113. The van der Waals surface area contributed by atoms with Crippen molar-refractivity contribution in [3.05, 3.63) is 117 Å². The Morgan fingerprint density at radius 3 is 1.45 bits per heavy atom. The fourth-order valence-electron chi connectivity index (χ4n) is 3.90. The van der Waals surface area contributed by atoms with Crippen molar-refractivity contribution < 1.29 is 4.79 Å². The first-order valence-corrected chi connectivity index (χ1v) is 10.8. The molecule has 0 unspecified atom stereocenters. The van der Waals surface area contributed by atoms with Gasteiger partial charge in [-0.05, 0) is 49.6 Å². The van der Waals surface area contributed by atoms with Crippen LogP contribution in [0.2, 0.25) is 0 Å². The average molecular weight is 408 g/mol. The first-order chi connectivity index (χ1) is 15.0. The van der Waals surface area contributed by atoms with Gasteiger partial charge in [-0.25, -0.2) is 0 Å². The molecule has 1 heterocycles. The number of nitrogens with zero attached hydrogens (tertiary/aromatic N) is 1. The summed E-state index contributed by atoms with van der Waals surface area (Å²) in [6, 6.07) is 25.3. The van der Waals surface area contributed by atoms with E-state index in [0.29, 0.717) is 13.1 Å². The highest BCUT2D eigenvalue weighted by atomic mass is 16.1. The summed E-state index contributed by atoms with van der Waals surface area (Å²) < 4.78 is 0. The Bertz CT molecular complexity index is 1050. The van der Waals surface area contributed by atoms with Gasteiger partial charge in [-0.15, -0.1) is 0 Å². The van der Waals surface area contributed by atoms with Crippen molar-refractivity contribution in [3.63, 3.8) is 0 Å². The third-order valence-electron chi connectivity index (χ3n) is 5.73. The number of rotatable bonds is 4. The second-order valence-electron chi connectivity index (χ2n) is 8.62. The van der Waals surface area contributed by atoms with Crippen LogP contribution in [0.25, 0.3) is 12.2 Å². The third kappa shape index (κ3) is 5.48. The molecule has 0 atom stereocenters. The summed E-state index contributed by atoms with van der Waals surface area (Å²) in [5.74, 6) is 0.154. The SMILES string of the molecule is Cc1ccc(/C=C2\CN(Cc3ccc(C)cc3)C/C(=C\c3ccc(C)cc3)C2=O)cc1. The molecule has 1 aliphatic heterocycles. The van der Waals surface area contributed by atoms with Crippen LogP contribution in [0.1, 0.15) is 33.4 Å². The second kappa shape index (κ2) is 9.28. The summed E-state index contributed by atoms with van der Waals surface area (Å²) in [4.78, 5) is 15.7. The molecule has 4 rings (SSSR count). The van der Waals surface area contributed by atoms with Crippen LogP contribution in [0, 0.1) is 20.8 Å². The lowest BCUT2D eigenvalue weighted by Crippen LogP contribution is -2.37. The van der Waals surface area contributed by atoms with Crippen molar-refractivity contribution in [2.75, 3.05) is 13.1 Å². The van der Waals surface area contributed by atoms with Gasteiger partial charge in [0.25, 0.3) is 0 Å². The van der Waals surface area contributed by atoms with E-state index in [4.69, 9.17) is 0 Å². The molecule has 0 N–H and O–H groups in total. The Hall–Kier alpha value is -3.23. The molecule has 1 saturated heterocycles. The summed E-state index contributed by atoms with van der Waals surface area (Å²) in [7, 11) is 0. The van der Waals surface area contributed by atoms with Gasteiger partial charge in [0.15, 0.2) is 5.78 Å². The molecular weight excluding hydrogens is 378 g/mol. The van der Waals surface area contributed by atoms with Gasteiger partial charge in [-0.3, -0.25) is 9.69 Å². The Kier molecular flexibility index (Phi) is 6.29. The van der Waals surface area contributed by atoms with E-state index in [-0.39, 0.29) is 5.78 Å². The largest absolute Gasteiger partial charge is 0.290 e. The molecule has 3 aromatic carbocycles. The molecule has 1 fully saturated rings. The van der Waals surface area contributed by atoms with Gasteiger partial charge in [0.05, 0.1) is 0 Å². The number of benzene rings is 3. The van der Waals surface area contributed by atoms with E-state index in [9.17, 15) is 4.79 Å². The molecule has 3 aromatic rings. The van der Waals surface area contributed by atoms with Crippen molar-refractivity contribution in [2.45, 2.75) is 27.3 Å². The summed E-state index contributed by atoms with van der Waals surface area (Å²) in [5, 5.41) is 0. The van der Waals surface area contributed by atoms with E-state index in [1.54, 1.807) is 0 Å². The van der Waals surface area contributed by atoms with Gasteiger partial charge >= 0.3 is 0 Å². The van der Waals surface area contributed by atoms with Gasteiger partial charge in [-0.2, -0.15) is 0 Å². The van der Waals surface area contributed by atoms with Crippen molar-refractivity contribution in [1.82, 2.24) is 4.90 Å². The van der Waals surface area contributed by atoms with E-state index in [1.165, 1.54) is 22.3 Å². The molecule has 0 aromatic heterocycles. The summed E-state index contributed by atoms with van der Waals surface area (Å²) in [6.07, 6.45) is 4.10. The zero-order valence-electron chi connectivity index (χ0n) is 18.6. The third-order valence-corrected chi connectivity index (χ3v) is 5.73. The van der Waals surface area contributed by atoms with Crippen LogP contribution < -0.4 is 0 Å². The molecule has 1 aliphatic rings. The monoisotopic (exact) mass is 407 g/mol. The maximum atomic E-state index is 13.3. The minimum absolute atomic E-state index is 0.154. The minimum atomic E-state index is 0.154. The van der Waals surface area contributed by atoms with E-state index >= 15 is 0 Å². The molecule has 0 amide bonds. The average Bonchev–Trinajstić information content (AvgIpc) is 2.76. The number of carbonyl (C=O) groups excluding carboxylic acids is 1. The van der Waals surface area contributed by atoms with Crippen LogP contribution in [0.15, 0.2) is 83.9 Å². The minimum Gasteiger partial charge on any atom is -0.290 e. The molecule has 0 bridgehead atoms. The van der Waals surface area contributed by atoms with Crippen molar-refractivity contribution in [1.29, 1.82) is 0 Å². The van der Waals surface area contributed by atoms with Crippen LogP contribution in [-0.4, -0.2) is 23.8 Å². The lowest BCUT2D eigenvalue weighted by atomic mass is 9.93. The normalized spacial score (nSPS) is 17.5. The fraction of sp³-hybridized carbons (Fsp3) is 0.207. The number of Topliss-reactive ketones (excluding diaryl/α,β-unsaturated/α-hetero) is 1. The summed E-state index contributed by atoms with van der Waals surface area (Å²) >= 11 is 0. The van der Waals surface area contributed by atoms with Crippen LogP contribution >= 0.6 is 0 Å². The Morgan fingerprint density at radius 1 is 0.645 bits per heavy atom. The van der Waals surface area contributed by atoms with Crippen molar-refractivity contribution in [3.8, 4) is 0 Å². The molecule has 0 radical (unpaired) electrons. The zero-order valence-corrected chi connectivity index (χ0v) is 18.6. The molecule has 2 nitrogen and oxygen atoms in total. The van der Waals surface area contributed by atoms with Crippen LogP contribution in [0.5, 0.6) is 0 Å². The number of aryl methyl sites for hydroxylation is 3. The molecule has 0 spiro atoms. The summed E-state index contributed by atoms with van der Waals surface area (Å²) in [5.41, 5.74) is 8.81. The quantitative estimate of drug-likeness (QED) is 0.483. The van der Waals surface area contributed by atoms with Crippen LogP contribution in [-0.2, 0) is 11.3 Å². The van der Waals surface area contributed by atoms with Gasteiger partial charge in [-0.1, -0.05) is 89.5 Å². The number of carbonyl (C=O) groups is 1. The van der Waals surface area contributed by atoms with Crippen LogP contribution in [0.3, 0.4) is 0 Å². The van der Waals surface area contributed by atoms with Gasteiger partial charge < -0.3 is 0 Å². The molecule has 0 aliphatic carbocycles. The van der Waals surface area contributed by atoms with Crippen LogP contribution in [0.4, 0.5) is 0 Å². The molecule has 156 valence electrons. The number of hydrogen-bond acceptors (Lipinski definition) is 2. The Balaban J connectivity index is 1.66. The first-order valence-electron chi connectivity index (χ1n) is 10.8. The Labute approximate surface area is 185 Å². The van der Waals surface area contributed by atoms with E-state index < -0.39 is 0 Å². The smallest absolute Gasteiger partial charge is 0.187 e. The van der Waals surface area contributed by atoms with E-state index in [0.717, 1.165) is 28.8 Å². The van der Waals surface area contributed by atoms with Gasteiger partial charge in [0.2, 0.25) is 0 Å². The first kappa shape index (κ1) is 21.0.